The normalized spacial score (nSPS) is 11.4. The summed E-state index contributed by atoms with van der Waals surface area (Å²) in [6.07, 6.45) is 3.94. The van der Waals surface area contributed by atoms with Crippen molar-refractivity contribution in [3.8, 4) is 0 Å². The molecule has 0 amide bonds. The van der Waals surface area contributed by atoms with Crippen LogP contribution < -0.4 is 0 Å². The van der Waals surface area contributed by atoms with Crippen LogP contribution in [0.4, 0.5) is 5.69 Å². The Kier molecular flexibility index (Phi) is 2.69. The van der Waals surface area contributed by atoms with Crippen LogP contribution >= 0.6 is 0 Å². The highest BCUT2D eigenvalue weighted by Crippen LogP contribution is 2.20. The fourth-order valence-electron chi connectivity index (χ4n) is 2.08. The zero-order valence-electron chi connectivity index (χ0n) is 10.2. The minimum Gasteiger partial charge on any atom is -0.360 e. The standard InChI is InChI=1S/C16H14N2/c1-12-10-18-16-13(6-5-9-15(12)16)11-17-14-7-3-2-4-8-14/h2-11,18H,1H3. The largest absolute Gasteiger partial charge is 0.360 e. The molecule has 0 aliphatic heterocycles. The third-order valence-corrected chi connectivity index (χ3v) is 3.06. The maximum absolute atomic E-state index is 4.49. The zero-order valence-corrected chi connectivity index (χ0v) is 10.2. The molecule has 0 saturated heterocycles. The molecular formula is C16H14N2. The highest BCUT2D eigenvalue weighted by Gasteiger charge is 2.02. The molecule has 88 valence electrons. The maximum Gasteiger partial charge on any atom is 0.0629 e. The lowest BCUT2D eigenvalue weighted by molar-refractivity contribution is 1.42. The Bertz CT molecular complexity index is 693. The molecule has 1 heterocycles. The first kappa shape index (κ1) is 10.8. The van der Waals surface area contributed by atoms with E-state index in [1.165, 1.54) is 10.9 Å². The van der Waals surface area contributed by atoms with E-state index in [-0.39, 0.29) is 0 Å². The number of H-pyrrole nitrogens is 1. The SMILES string of the molecule is Cc1c[nH]c2c(C=Nc3ccccc3)cccc12. The lowest BCUT2D eigenvalue weighted by Crippen LogP contribution is -1.83. The second-order valence-electron chi connectivity index (χ2n) is 4.34. The molecule has 2 aromatic carbocycles. The molecule has 0 spiro atoms. The molecule has 0 fully saturated rings. The predicted octanol–water partition coefficient (Wildman–Crippen LogP) is 4.23. The summed E-state index contributed by atoms with van der Waals surface area (Å²) >= 11 is 0. The fraction of sp³-hybridized carbons (Fsp3) is 0.0625. The first-order valence-corrected chi connectivity index (χ1v) is 6.00. The van der Waals surface area contributed by atoms with Crippen molar-refractivity contribution in [2.75, 3.05) is 0 Å². The summed E-state index contributed by atoms with van der Waals surface area (Å²) < 4.78 is 0. The molecule has 0 saturated carbocycles. The van der Waals surface area contributed by atoms with Crippen molar-refractivity contribution in [3.63, 3.8) is 0 Å². The third-order valence-electron chi connectivity index (χ3n) is 3.06. The van der Waals surface area contributed by atoms with Crippen molar-refractivity contribution >= 4 is 22.8 Å². The van der Waals surface area contributed by atoms with Gasteiger partial charge in [-0.05, 0) is 24.6 Å². The second kappa shape index (κ2) is 4.49. The van der Waals surface area contributed by atoms with Crippen molar-refractivity contribution < 1.29 is 0 Å². The maximum atomic E-state index is 4.49. The quantitative estimate of drug-likeness (QED) is 0.643. The van der Waals surface area contributed by atoms with Crippen LogP contribution in [0.25, 0.3) is 10.9 Å². The highest BCUT2D eigenvalue weighted by molar-refractivity contribution is 5.99. The van der Waals surface area contributed by atoms with Crippen molar-refractivity contribution in [1.29, 1.82) is 0 Å². The van der Waals surface area contributed by atoms with Gasteiger partial charge in [0.2, 0.25) is 0 Å². The van der Waals surface area contributed by atoms with Gasteiger partial charge in [0.05, 0.1) is 11.2 Å². The van der Waals surface area contributed by atoms with Crippen LogP contribution in [0.5, 0.6) is 0 Å². The zero-order chi connectivity index (χ0) is 12.4. The van der Waals surface area contributed by atoms with Crippen LogP contribution in [-0.2, 0) is 0 Å². The summed E-state index contributed by atoms with van der Waals surface area (Å²) in [7, 11) is 0. The summed E-state index contributed by atoms with van der Waals surface area (Å²) in [4.78, 5) is 7.79. The van der Waals surface area contributed by atoms with E-state index in [1.54, 1.807) is 0 Å². The van der Waals surface area contributed by atoms with Gasteiger partial charge in [0.25, 0.3) is 0 Å². The minimum atomic E-state index is 0.970. The molecule has 2 heteroatoms. The molecule has 0 aliphatic carbocycles. The van der Waals surface area contributed by atoms with Gasteiger partial charge in [-0.2, -0.15) is 0 Å². The van der Waals surface area contributed by atoms with Crippen molar-refractivity contribution in [2.24, 2.45) is 4.99 Å². The van der Waals surface area contributed by atoms with E-state index >= 15 is 0 Å². The van der Waals surface area contributed by atoms with Gasteiger partial charge >= 0.3 is 0 Å². The van der Waals surface area contributed by atoms with Gasteiger partial charge in [0, 0.05) is 23.4 Å². The number of fused-ring (bicyclic) bond motifs is 1. The van der Waals surface area contributed by atoms with E-state index < -0.39 is 0 Å². The van der Waals surface area contributed by atoms with Crippen molar-refractivity contribution in [1.82, 2.24) is 4.98 Å². The first-order chi connectivity index (χ1) is 8.84. The lowest BCUT2D eigenvalue weighted by Gasteiger charge is -1.97. The van der Waals surface area contributed by atoms with E-state index in [4.69, 9.17) is 0 Å². The Balaban J connectivity index is 2.03. The molecule has 3 aromatic rings. The molecule has 1 aromatic heterocycles. The number of hydrogen-bond donors (Lipinski definition) is 1. The van der Waals surface area contributed by atoms with Crippen molar-refractivity contribution in [3.05, 3.63) is 65.9 Å². The number of aromatic amines is 1. The summed E-state index contributed by atoms with van der Waals surface area (Å²) in [6.45, 7) is 2.11. The molecule has 0 radical (unpaired) electrons. The van der Waals surface area contributed by atoms with Crippen LogP contribution in [-0.4, -0.2) is 11.2 Å². The van der Waals surface area contributed by atoms with Crippen molar-refractivity contribution in [2.45, 2.75) is 6.92 Å². The predicted molar refractivity (Wildman–Crippen MR) is 76.7 cm³/mol. The molecule has 3 rings (SSSR count). The molecular weight excluding hydrogens is 220 g/mol. The average molecular weight is 234 g/mol. The van der Waals surface area contributed by atoms with Gasteiger partial charge in [-0.1, -0.05) is 36.4 Å². The Morgan fingerprint density at radius 1 is 1.00 bits per heavy atom. The van der Waals surface area contributed by atoms with Gasteiger partial charge in [-0.3, -0.25) is 4.99 Å². The number of benzene rings is 2. The summed E-state index contributed by atoms with van der Waals surface area (Å²) in [5.74, 6) is 0. The number of aliphatic imine (C=N–C) groups is 1. The molecule has 0 unspecified atom stereocenters. The topological polar surface area (TPSA) is 28.1 Å². The van der Waals surface area contributed by atoms with Crippen LogP contribution in [0, 0.1) is 6.92 Å². The van der Waals surface area contributed by atoms with Crippen LogP contribution in [0.3, 0.4) is 0 Å². The molecule has 0 bridgehead atoms. The Labute approximate surface area is 106 Å². The van der Waals surface area contributed by atoms with E-state index in [0.717, 1.165) is 16.8 Å². The van der Waals surface area contributed by atoms with E-state index in [9.17, 15) is 0 Å². The number of para-hydroxylation sites is 2. The van der Waals surface area contributed by atoms with Crippen LogP contribution in [0.1, 0.15) is 11.1 Å². The number of nitrogens with zero attached hydrogens (tertiary/aromatic N) is 1. The van der Waals surface area contributed by atoms with Gasteiger partial charge in [-0.25, -0.2) is 0 Å². The molecule has 1 N–H and O–H groups in total. The number of rotatable bonds is 2. The van der Waals surface area contributed by atoms with Gasteiger partial charge in [-0.15, -0.1) is 0 Å². The second-order valence-corrected chi connectivity index (χ2v) is 4.34. The monoisotopic (exact) mass is 234 g/mol. The summed E-state index contributed by atoms with van der Waals surface area (Å²) in [5, 5.41) is 1.26. The average Bonchev–Trinajstić information content (AvgIpc) is 2.80. The van der Waals surface area contributed by atoms with Gasteiger partial charge in [0.1, 0.15) is 0 Å². The minimum absolute atomic E-state index is 0.970. The van der Waals surface area contributed by atoms with Crippen LogP contribution in [0.15, 0.2) is 59.7 Å². The Morgan fingerprint density at radius 2 is 1.83 bits per heavy atom. The summed E-state index contributed by atoms with van der Waals surface area (Å²) in [6, 6.07) is 16.2. The van der Waals surface area contributed by atoms with Crippen LogP contribution in [0.2, 0.25) is 0 Å². The lowest BCUT2D eigenvalue weighted by atomic mass is 10.1. The number of aromatic nitrogens is 1. The summed E-state index contributed by atoms with van der Waals surface area (Å²) in [5.41, 5.74) is 4.50. The van der Waals surface area contributed by atoms with Gasteiger partial charge in [0.15, 0.2) is 0 Å². The van der Waals surface area contributed by atoms with E-state index in [1.807, 2.05) is 42.7 Å². The number of hydrogen-bond acceptors (Lipinski definition) is 1. The molecule has 0 aliphatic rings. The van der Waals surface area contributed by atoms with Gasteiger partial charge < -0.3 is 4.98 Å². The van der Waals surface area contributed by atoms with E-state index in [0.29, 0.717) is 0 Å². The third kappa shape index (κ3) is 1.93. The Hall–Kier alpha value is -2.35. The molecule has 2 nitrogen and oxygen atoms in total. The van der Waals surface area contributed by atoms with E-state index in [2.05, 4.69) is 35.1 Å². The highest BCUT2D eigenvalue weighted by atomic mass is 14.7. The number of nitrogens with one attached hydrogen (secondary N) is 1. The Morgan fingerprint density at radius 3 is 2.67 bits per heavy atom. The smallest absolute Gasteiger partial charge is 0.0629 e. The fourth-order valence-corrected chi connectivity index (χ4v) is 2.08. The molecule has 0 atom stereocenters. The molecule has 18 heavy (non-hydrogen) atoms. The number of aryl methyl sites for hydroxylation is 1. The first-order valence-electron chi connectivity index (χ1n) is 6.00.